The van der Waals surface area contributed by atoms with E-state index in [0.717, 1.165) is 18.9 Å². The van der Waals surface area contributed by atoms with Crippen molar-refractivity contribution in [3.8, 4) is 5.69 Å². The van der Waals surface area contributed by atoms with Gasteiger partial charge in [0, 0.05) is 38.7 Å². The fraction of sp³-hybridized carbons (Fsp3) is 0.536. The van der Waals surface area contributed by atoms with Crippen LogP contribution in [0, 0.1) is 0 Å². The number of hydrogen-bond donors (Lipinski definition) is 2. The molecule has 3 amide bonds. The topological polar surface area (TPSA) is 143 Å². The number of aromatic amines is 1. The molecule has 218 valence electrons. The van der Waals surface area contributed by atoms with E-state index in [9.17, 15) is 24.0 Å². The van der Waals surface area contributed by atoms with Crippen molar-refractivity contribution >= 4 is 23.9 Å². The summed E-state index contributed by atoms with van der Waals surface area (Å²) in [5.41, 5.74) is -0.601. The van der Waals surface area contributed by atoms with Crippen LogP contribution in [0.4, 0.5) is 4.79 Å². The number of nitrogens with one attached hydrogen (secondary N) is 2. The highest BCUT2D eigenvalue weighted by Crippen LogP contribution is 2.13. The van der Waals surface area contributed by atoms with E-state index in [-0.39, 0.29) is 50.6 Å². The second-order valence-corrected chi connectivity index (χ2v) is 10.6. The fourth-order valence-corrected chi connectivity index (χ4v) is 4.15. The molecule has 1 aromatic heterocycles. The van der Waals surface area contributed by atoms with Crippen LogP contribution in [0.25, 0.3) is 5.69 Å². The van der Waals surface area contributed by atoms with Crippen molar-refractivity contribution in [2.45, 2.75) is 65.0 Å². The summed E-state index contributed by atoms with van der Waals surface area (Å²) in [6.45, 7) is 8.67. The SMILES string of the molecule is CCCCOC(=O)N1CCN(C(=O)[C@H](CCC(=O)OC(C)(C)C)NC(=O)c2cc(=O)n(-c3ccccc3)[nH]2)CC1. The summed E-state index contributed by atoms with van der Waals surface area (Å²) in [5, 5.41) is 5.46. The van der Waals surface area contributed by atoms with Crippen LogP contribution in [-0.2, 0) is 19.1 Å². The quantitative estimate of drug-likeness (QED) is 0.337. The second-order valence-electron chi connectivity index (χ2n) is 10.6. The normalized spacial score (nSPS) is 14.4. The summed E-state index contributed by atoms with van der Waals surface area (Å²) < 4.78 is 11.9. The van der Waals surface area contributed by atoms with Crippen LogP contribution in [0.1, 0.15) is 63.9 Å². The molecular formula is C28H39N5O7. The predicted molar refractivity (Wildman–Crippen MR) is 147 cm³/mol. The van der Waals surface area contributed by atoms with E-state index in [2.05, 4.69) is 10.4 Å². The maximum Gasteiger partial charge on any atom is 0.409 e. The van der Waals surface area contributed by atoms with Crippen LogP contribution < -0.4 is 10.9 Å². The minimum Gasteiger partial charge on any atom is -0.460 e. The van der Waals surface area contributed by atoms with E-state index < -0.39 is 35.2 Å². The average molecular weight is 558 g/mol. The molecule has 0 aliphatic carbocycles. The molecule has 2 N–H and O–H groups in total. The minimum absolute atomic E-state index is 0.00237. The van der Waals surface area contributed by atoms with Gasteiger partial charge in [0.15, 0.2) is 0 Å². The van der Waals surface area contributed by atoms with E-state index in [0.29, 0.717) is 12.3 Å². The Morgan fingerprint density at radius 1 is 1.02 bits per heavy atom. The summed E-state index contributed by atoms with van der Waals surface area (Å²) >= 11 is 0. The lowest BCUT2D eigenvalue weighted by molar-refractivity contribution is -0.155. The Labute approximate surface area is 233 Å². The Bertz CT molecular complexity index is 1220. The number of carbonyl (C=O) groups excluding carboxylic acids is 4. The molecule has 1 atom stereocenters. The van der Waals surface area contributed by atoms with E-state index in [1.54, 1.807) is 60.9 Å². The van der Waals surface area contributed by atoms with Gasteiger partial charge in [0.25, 0.3) is 11.5 Å². The predicted octanol–water partition coefficient (Wildman–Crippen LogP) is 2.47. The molecular weight excluding hydrogens is 518 g/mol. The Balaban J connectivity index is 1.69. The molecule has 1 aromatic carbocycles. The number of esters is 1. The van der Waals surface area contributed by atoms with E-state index >= 15 is 0 Å². The number of amides is 3. The largest absolute Gasteiger partial charge is 0.460 e. The number of piperazine rings is 1. The highest BCUT2D eigenvalue weighted by molar-refractivity contribution is 5.96. The molecule has 12 heteroatoms. The lowest BCUT2D eigenvalue weighted by atomic mass is 10.1. The van der Waals surface area contributed by atoms with E-state index in [1.807, 2.05) is 6.92 Å². The molecule has 1 aliphatic rings. The first-order chi connectivity index (χ1) is 19.0. The van der Waals surface area contributed by atoms with Gasteiger partial charge in [-0.05, 0) is 45.7 Å². The van der Waals surface area contributed by atoms with Crippen molar-refractivity contribution in [1.29, 1.82) is 0 Å². The number of para-hydroxylation sites is 1. The zero-order chi connectivity index (χ0) is 29.3. The smallest absolute Gasteiger partial charge is 0.409 e. The van der Waals surface area contributed by atoms with Gasteiger partial charge in [-0.25, -0.2) is 9.48 Å². The maximum absolute atomic E-state index is 13.5. The van der Waals surface area contributed by atoms with Crippen LogP contribution in [0.3, 0.4) is 0 Å². The van der Waals surface area contributed by atoms with Crippen molar-refractivity contribution in [2.75, 3.05) is 32.8 Å². The third-order valence-corrected chi connectivity index (χ3v) is 6.21. The first-order valence-corrected chi connectivity index (χ1v) is 13.6. The zero-order valence-corrected chi connectivity index (χ0v) is 23.6. The fourth-order valence-electron chi connectivity index (χ4n) is 4.15. The number of carbonyl (C=O) groups is 4. The van der Waals surface area contributed by atoms with Gasteiger partial charge in [-0.1, -0.05) is 31.5 Å². The molecule has 0 spiro atoms. The molecule has 40 heavy (non-hydrogen) atoms. The molecule has 1 fully saturated rings. The van der Waals surface area contributed by atoms with Gasteiger partial charge in [-0.2, -0.15) is 0 Å². The second kappa shape index (κ2) is 13.8. The lowest BCUT2D eigenvalue weighted by Gasteiger charge is -2.36. The number of hydrogen-bond acceptors (Lipinski definition) is 7. The summed E-state index contributed by atoms with van der Waals surface area (Å²) in [7, 11) is 0. The highest BCUT2D eigenvalue weighted by Gasteiger charge is 2.32. The molecule has 0 unspecified atom stereocenters. The molecule has 2 heterocycles. The van der Waals surface area contributed by atoms with E-state index in [1.165, 1.54) is 4.68 Å². The molecule has 2 aromatic rings. The Kier molecular flexibility index (Phi) is 10.5. The van der Waals surface area contributed by atoms with Crippen LogP contribution in [0.2, 0.25) is 0 Å². The Hall–Kier alpha value is -4.09. The first kappa shape index (κ1) is 30.5. The van der Waals surface area contributed by atoms with Gasteiger partial charge in [-0.3, -0.25) is 24.3 Å². The van der Waals surface area contributed by atoms with Crippen molar-refractivity contribution in [3.05, 3.63) is 52.4 Å². The number of unbranched alkanes of at least 4 members (excludes halogenated alkanes) is 1. The third kappa shape index (κ3) is 8.72. The number of rotatable bonds is 10. The number of nitrogens with zero attached hydrogens (tertiary/aromatic N) is 3. The maximum atomic E-state index is 13.5. The summed E-state index contributed by atoms with van der Waals surface area (Å²) in [4.78, 5) is 66.9. The molecule has 1 saturated heterocycles. The number of H-pyrrole nitrogens is 1. The molecule has 12 nitrogen and oxygen atoms in total. The van der Waals surface area contributed by atoms with Crippen molar-refractivity contribution in [3.63, 3.8) is 0 Å². The van der Waals surface area contributed by atoms with Crippen LogP contribution in [0.5, 0.6) is 0 Å². The lowest BCUT2D eigenvalue weighted by Crippen LogP contribution is -2.56. The number of ether oxygens (including phenoxy) is 2. The molecule has 0 bridgehead atoms. The van der Waals surface area contributed by atoms with Crippen LogP contribution in [-0.4, -0.2) is 87.9 Å². The van der Waals surface area contributed by atoms with Gasteiger partial charge < -0.3 is 24.6 Å². The Morgan fingerprint density at radius 2 is 1.68 bits per heavy atom. The van der Waals surface area contributed by atoms with Crippen LogP contribution in [0.15, 0.2) is 41.2 Å². The number of aromatic nitrogens is 2. The van der Waals surface area contributed by atoms with Gasteiger partial charge in [-0.15, -0.1) is 0 Å². The zero-order valence-electron chi connectivity index (χ0n) is 23.6. The van der Waals surface area contributed by atoms with Crippen LogP contribution >= 0.6 is 0 Å². The molecule has 0 radical (unpaired) electrons. The molecule has 3 rings (SSSR count). The standard InChI is InChI=1S/C28H39N5O7/c1-5-6-18-39-27(38)32-16-14-31(15-17-32)26(37)21(12-13-24(35)40-28(2,3)4)29-25(36)22-19-23(34)33(30-22)20-10-8-7-9-11-20/h7-11,19,21,30H,5-6,12-18H2,1-4H3,(H,29,36)/t21-/m0/s1. The Morgan fingerprint density at radius 3 is 2.30 bits per heavy atom. The van der Waals surface area contributed by atoms with Crippen molar-refractivity contribution in [1.82, 2.24) is 24.9 Å². The van der Waals surface area contributed by atoms with Crippen molar-refractivity contribution in [2.24, 2.45) is 0 Å². The number of benzene rings is 1. The third-order valence-electron chi connectivity index (χ3n) is 6.21. The monoisotopic (exact) mass is 557 g/mol. The van der Waals surface area contributed by atoms with Gasteiger partial charge in [0.05, 0.1) is 12.3 Å². The molecule has 0 saturated carbocycles. The summed E-state index contributed by atoms with van der Waals surface area (Å²) in [5.74, 6) is -1.55. The summed E-state index contributed by atoms with van der Waals surface area (Å²) in [6, 6.07) is 8.86. The van der Waals surface area contributed by atoms with Crippen molar-refractivity contribution < 1.29 is 28.7 Å². The van der Waals surface area contributed by atoms with E-state index in [4.69, 9.17) is 9.47 Å². The minimum atomic E-state index is -1.05. The molecule has 1 aliphatic heterocycles. The van der Waals surface area contributed by atoms with Gasteiger partial charge >= 0.3 is 12.1 Å². The van der Waals surface area contributed by atoms with Gasteiger partial charge in [0.2, 0.25) is 5.91 Å². The average Bonchev–Trinajstić information content (AvgIpc) is 3.32. The highest BCUT2D eigenvalue weighted by atomic mass is 16.6. The summed E-state index contributed by atoms with van der Waals surface area (Å²) in [6.07, 6.45) is 1.18. The van der Waals surface area contributed by atoms with Gasteiger partial charge in [0.1, 0.15) is 17.3 Å². The first-order valence-electron chi connectivity index (χ1n) is 13.6.